The molecule has 20 rings (SSSR count). The lowest BCUT2D eigenvalue weighted by atomic mass is 9.45. The number of cyclic esters (lactones) is 9. The Morgan fingerprint density at radius 2 is 0.774 bits per heavy atom. The summed E-state index contributed by atoms with van der Waals surface area (Å²) in [7, 11) is 1.67. The van der Waals surface area contributed by atoms with Crippen LogP contribution in [-0.2, 0) is 106 Å². The molecular weight excluding hydrogens is 1870 g/mol. The maximum Gasteiger partial charge on any atom is 0.508 e. The third kappa shape index (κ3) is 20.9. The fourth-order valence-corrected chi connectivity index (χ4v) is 31.2. The van der Waals surface area contributed by atoms with Crippen molar-refractivity contribution in [1.82, 2.24) is 20.9 Å². The average molecular weight is 2020 g/mol. The first-order chi connectivity index (χ1) is 69.4. The summed E-state index contributed by atoms with van der Waals surface area (Å²) < 4.78 is 74.5. The number of amides is 1. The molecule has 1 aromatic rings. The number of aliphatic hydroxyl groups is 1. The molecule has 9 aliphatic heterocycles. The SMILES string of the molecule is C=C1CCC2[C@@](C)(CC[C@H]3OC(=O)OC[C@@]23C)C1/C=C/C1=CCOC1=O.C=C1CCC2[C@@](C)(CC[C@H]3OC(=O)OC[C@@]23C)C1CC(NCC(N)=O)C1=CCOC1=O.C=C1CCC2[C@@](C)(CC[C@H]3OC(=O)OC[C@@]23C)C1CC(NCCOC)C1=CCOC1=O.C=C1CCC2[C@@](C)(CC[C@H]3OC(=O)OC[C@@]23C)C1CC(NCc1cccnc1)C1=CCOC1=O.C=C1CCC2[C@](C)(C=O)[C@H](O)CC[C@]2(C)[C@@H]1/C=C/C1=CCOC1=O. The van der Waals surface area contributed by atoms with Crippen molar-refractivity contribution in [1.29, 1.82) is 0 Å². The molecule has 1 aromatic heterocycles. The van der Waals surface area contributed by atoms with Crippen LogP contribution in [0.4, 0.5) is 19.2 Å². The molecule has 31 nitrogen and oxygen atoms in total. The number of rotatable bonds is 24. The number of aldehydes is 1. The molecule has 0 radical (unpaired) electrons. The fourth-order valence-electron chi connectivity index (χ4n) is 31.2. The average Bonchev–Trinajstić information content (AvgIpc) is 1.87. The van der Waals surface area contributed by atoms with E-state index in [4.69, 9.17) is 72.0 Å². The Bertz CT molecular complexity index is 5500. The number of carbonyl (C=O) groups is 11. The van der Waals surface area contributed by atoms with E-state index in [1.807, 2.05) is 55.6 Å². The van der Waals surface area contributed by atoms with E-state index in [9.17, 15) is 57.8 Å². The van der Waals surface area contributed by atoms with Gasteiger partial charge in [-0.25, -0.2) is 43.2 Å². The first-order valence-corrected chi connectivity index (χ1v) is 52.9. The van der Waals surface area contributed by atoms with Crippen LogP contribution in [0.5, 0.6) is 0 Å². The first kappa shape index (κ1) is 108. The standard InChI is InChI=1S/C27H34N2O5.C24H35NO6.C23H32N2O6.C21H26O5.C20H26O4/c1-17-6-7-22-26(2,10-8-23-27(22,3)16-33-25(31)34-23)20(17)13-21(19-9-12-32-24(19)30)29-15-18-5-4-11-28-14-18;1-15-5-6-19-23(2,9-7-20-24(19,3)14-30-22(27)31-20)17(15)13-18(25-10-12-28-4)16-8-11-29-21(16)26;1-13-4-5-17-22(2,8-6-18-23(17,3)12-30-21(28)31-18)15(13)10-16(25-11-19(24)26)14-7-9-29-20(14)27;1-13-4-7-16-20(2,15(13)6-5-14-9-11-24-18(14)22)10-8-17-21(16,3)12-25-19(23)26-17;1-13-4-7-16-19(2,10-8-17(22)20(16,3)12-21)15(13)6-5-14-9-11-24-18(14)23/h4-5,9,11,14,20-23,29H,1,6-8,10,12-13,15-16H2,2-3H3;8,17-20,25H,1,5-7,9-14H2,2-4H3;7,15-18,25H,1,4-6,8-12H2,2-3H3,(H2,24,26);5-6,9,15-17H,1,4,7-8,10-12H2,2-3H3;5-6,9,12,15-17,22H,1,4,7-8,10-11H2,2-3H3/b;;;2*6-5+/t20?,21?,22?,23-,26+,27+;17?,18?,19?,20-,23+,24+;15?,16?,17?,18-,22+,23+;15?,16?,17-,20+,21+;15-,16?,17-,19-,20+/m11111/s1. The number of nitrogens with one attached hydrogen (secondary N) is 3. The number of primary amides is 1. The van der Waals surface area contributed by atoms with Gasteiger partial charge in [-0.15, -0.1) is 0 Å². The van der Waals surface area contributed by atoms with Gasteiger partial charge in [-0.05, 0) is 264 Å². The van der Waals surface area contributed by atoms with Gasteiger partial charge in [-0.2, -0.15) is 0 Å². The minimum atomic E-state index is -0.717. The summed E-state index contributed by atoms with van der Waals surface area (Å²) in [6.07, 6.45) is 38.5. The molecule has 10 aliphatic carbocycles. The van der Waals surface area contributed by atoms with Crippen LogP contribution in [0.25, 0.3) is 0 Å². The van der Waals surface area contributed by atoms with Crippen LogP contribution >= 0.6 is 0 Å². The molecule has 10 heterocycles. The molecule has 28 atom stereocenters. The van der Waals surface area contributed by atoms with Crippen molar-refractivity contribution >= 4 is 66.7 Å². The number of aliphatic hydroxyl groups excluding tert-OH is 1. The van der Waals surface area contributed by atoms with Crippen molar-refractivity contribution in [2.75, 3.05) is 86.3 Å². The van der Waals surface area contributed by atoms with Crippen molar-refractivity contribution < 1.29 is 124 Å². The predicted molar refractivity (Wildman–Crippen MR) is 538 cm³/mol. The maximum atomic E-state index is 12.6. The normalized spacial score (nSPS) is 39.2. The van der Waals surface area contributed by atoms with Gasteiger partial charge in [0.05, 0.1) is 52.5 Å². The summed E-state index contributed by atoms with van der Waals surface area (Å²) in [5, 5.41) is 20.7. The van der Waals surface area contributed by atoms with E-state index in [-0.39, 0.29) is 176 Å². The zero-order valence-corrected chi connectivity index (χ0v) is 87.1. The molecule has 12 unspecified atom stereocenters. The second-order valence-electron chi connectivity index (χ2n) is 47.1. The molecule has 14 fully saturated rings. The summed E-state index contributed by atoms with van der Waals surface area (Å²) in [6, 6.07) is 3.36. The van der Waals surface area contributed by atoms with E-state index < -0.39 is 42.0 Å². The van der Waals surface area contributed by atoms with Crippen molar-refractivity contribution in [3.05, 3.63) is 173 Å². The Morgan fingerprint density at radius 1 is 0.438 bits per heavy atom. The monoisotopic (exact) mass is 2020 g/mol. The molecular formula is C115H153N5O26. The number of esters is 5. The highest BCUT2D eigenvalue weighted by molar-refractivity contribution is 5.95. The van der Waals surface area contributed by atoms with Crippen molar-refractivity contribution in [2.45, 2.75) is 272 Å². The number of ether oxygens (including phenoxy) is 14. The molecule has 0 bridgehead atoms. The van der Waals surface area contributed by atoms with Gasteiger partial charge in [-0.3, -0.25) is 9.78 Å². The molecule has 1 amide bonds. The maximum absolute atomic E-state index is 12.6. The Balaban J connectivity index is 0.000000131. The Hall–Kier alpha value is -10.6. The number of pyridine rings is 1. The number of allylic oxidation sites excluding steroid dienone is 7. The van der Waals surface area contributed by atoms with Crippen molar-refractivity contribution in [2.24, 2.45) is 119 Å². The molecule has 6 N–H and O–H groups in total. The van der Waals surface area contributed by atoms with Crippen LogP contribution in [0.1, 0.15) is 222 Å². The topological polar surface area (TPSA) is 412 Å². The summed E-state index contributed by atoms with van der Waals surface area (Å²) in [5.41, 5.74) is 13.8. The largest absolute Gasteiger partial charge is 0.508 e. The minimum absolute atomic E-state index is 0.00204. The molecule has 0 spiro atoms. The number of fused-ring (bicyclic) bond motifs is 13. The number of hydrogen-bond donors (Lipinski definition) is 5. The summed E-state index contributed by atoms with van der Waals surface area (Å²) in [4.78, 5) is 135. The third-order valence-corrected chi connectivity index (χ3v) is 39.2. The van der Waals surface area contributed by atoms with Gasteiger partial charge in [0.1, 0.15) is 90.2 Å². The van der Waals surface area contributed by atoms with Gasteiger partial charge in [0.15, 0.2) is 0 Å². The van der Waals surface area contributed by atoms with Crippen LogP contribution in [0.2, 0.25) is 0 Å². The lowest BCUT2D eigenvalue weighted by molar-refractivity contribution is -0.193. The number of aromatic nitrogens is 1. The van der Waals surface area contributed by atoms with Gasteiger partial charge in [-0.1, -0.05) is 160 Å². The lowest BCUT2D eigenvalue weighted by Crippen LogP contribution is -2.61. The molecule has 146 heavy (non-hydrogen) atoms. The number of nitrogens with two attached hydrogens (primary N) is 1. The fraction of sp³-hybridized carbons (Fsp3) is 0.652. The van der Waals surface area contributed by atoms with Crippen LogP contribution in [0.3, 0.4) is 0 Å². The zero-order chi connectivity index (χ0) is 105. The van der Waals surface area contributed by atoms with Crippen molar-refractivity contribution in [3.63, 3.8) is 0 Å². The van der Waals surface area contributed by atoms with E-state index in [0.717, 1.165) is 158 Å². The third-order valence-electron chi connectivity index (χ3n) is 39.2. The highest BCUT2D eigenvalue weighted by atomic mass is 16.8. The molecule has 19 aliphatic rings. The number of nitrogens with zero attached hydrogens (tertiary/aromatic N) is 1. The predicted octanol–water partition coefficient (Wildman–Crippen LogP) is 16.9. The number of carbonyl (C=O) groups excluding carboxylic acids is 11. The van der Waals surface area contributed by atoms with Gasteiger partial charge < -0.3 is 97.9 Å². The molecule has 0 aromatic carbocycles. The summed E-state index contributed by atoms with van der Waals surface area (Å²) >= 11 is 0. The van der Waals surface area contributed by atoms with Gasteiger partial charge in [0.2, 0.25) is 5.91 Å². The van der Waals surface area contributed by atoms with Gasteiger partial charge in [0.25, 0.3) is 0 Å². The number of hydrogen-bond acceptors (Lipinski definition) is 30. The Kier molecular flexibility index (Phi) is 32.2. The zero-order valence-electron chi connectivity index (χ0n) is 87.1. The van der Waals surface area contributed by atoms with Crippen molar-refractivity contribution in [3.8, 4) is 0 Å². The lowest BCUT2D eigenvalue weighted by Gasteiger charge is -2.61. The molecule has 10 saturated carbocycles. The quantitative estimate of drug-likeness (QED) is 0.0211. The summed E-state index contributed by atoms with van der Waals surface area (Å²) in [5.74, 6) is 0.479. The second kappa shape index (κ2) is 43.5. The molecule has 31 heteroatoms. The van der Waals surface area contributed by atoms with Crippen LogP contribution in [-0.4, -0.2) is 212 Å². The second-order valence-corrected chi connectivity index (χ2v) is 47.1. The van der Waals surface area contributed by atoms with Crippen LogP contribution in [0.15, 0.2) is 168 Å². The van der Waals surface area contributed by atoms with Crippen LogP contribution in [0, 0.1) is 113 Å². The molecule has 794 valence electrons. The molecule has 4 saturated heterocycles. The van der Waals surface area contributed by atoms with E-state index in [1.54, 1.807) is 25.5 Å². The van der Waals surface area contributed by atoms with Gasteiger partial charge in [0, 0.05) is 84.2 Å². The Morgan fingerprint density at radius 3 is 1.12 bits per heavy atom. The van der Waals surface area contributed by atoms with Crippen LogP contribution < -0.4 is 21.7 Å². The van der Waals surface area contributed by atoms with E-state index in [1.165, 1.54) is 16.7 Å². The summed E-state index contributed by atoms with van der Waals surface area (Å²) in [6.45, 7) is 49.1. The highest BCUT2D eigenvalue weighted by Crippen LogP contribution is 2.69. The highest BCUT2D eigenvalue weighted by Gasteiger charge is 2.67. The van der Waals surface area contributed by atoms with Gasteiger partial charge >= 0.3 is 54.5 Å². The van der Waals surface area contributed by atoms with E-state index in [0.29, 0.717) is 131 Å². The Labute approximate surface area is 858 Å². The van der Waals surface area contributed by atoms with E-state index in [2.05, 4.69) is 128 Å². The first-order valence-electron chi connectivity index (χ1n) is 52.9. The number of methoxy groups -OCH3 is 1. The smallest absolute Gasteiger partial charge is 0.458 e. The van der Waals surface area contributed by atoms with E-state index >= 15 is 0 Å². The minimum Gasteiger partial charge on any atom is -0.458 e.